The van der Waals surface area contributed by atoms with Gasteiger partial charge in [-0.2, -0.15) is 5.10 Å². The molecule has 138 valence electrons. The summed E-state index contributed by atoms with van der Waals surface area (Å²) in [4.78, 5) is 19.1. The number of pyridine rings is 1. The number of ether oxygens (including phenoxy) is 2. The van der Waals surface area contributed by atoms with Gasteiger partial charge in [0.05, 0.1) is 18.7 Å². The molecular weight excluding hydrogens is 344 g/mol. The molecule has 0 bridgehead atoms. The zero-order chi connectivity index (χ0) is 18.2. The minimum atomic E-state index is -0.0712. The second-order valence-electron chi connectivity index (χ2n) is 6.91. The molecule has 5 rings (SSSR count). The summed E-state index contributed by atoms with van der Waals surface area (Å²) in [5, 5.41) is 5.47. The summed E-state index contributed by atoms with van der Waals surface area (Å²) in [6.45, 7) is 2.66. The average Bonchev–Trinajstić information content (AvgIpc) is 3.34. The van der Waals surface area contributed by atoms with Gasteiger partial charge in [-0.25, -0.2) is 9.67 Å². The molecule has 4 heterocycles. The Kier molecular flexibility index (Phi) is 3.92. The van der Waals surface area contributed by atoms with Gasteiger partial charge in [-0.1, -0.05) is 18.2 Å². The van der Waals surface area contributed by atoms with Crippen molar-refractivity contribution in [1.82, 2.24) is 19.7 Å². The Morgan fingerprint density at radius 3 is 3.04 bits per heavy atom. The molecule has 0 radical (unpaired) electrons. The Labute approximate surface area is 156 Å². The summed E-state index contributed by atoms with van der Waals surface area (Å²) < 4.78 is 13.3. The molecule has 1 fully saturated rings. The second kappa shape index (κ2) is 6.57. The highest BCUT2D eigenvalue weighted by molar-refractivity contribution is 5.92. The fraction of sp³-hybridized carbons (Fsp3) is 0.350. The van der Waals surface area contributed by atoms with Gasteiger partial charge >= 0.3 is 0 Å². The highest BCUT2D eigenvalue weighted by Crippen LogP contribution is 2.23. The number of para-hydroxylation sites is 1. The van der Waals surface area contributed by atoms with Crippen molar-refractivity contribution in [2.75, 3.05) is 19.7 Å². The molecule has 7 nitrogen and oxygen atoms in total. The van der Waals surface area contributed by atoms with E-state index in [4.69, 9.17) is 9.47 Å². The summed E-state index contributed by atoms with van der Waals surface area (Å²) in [7, 11) is 0. The number of benzene rings is 1. The highest BCUT2D eigenvalue weighted by Gasteiger charge is 2.30. The number of fused-ring (bicyclic) bond motifs is 2. The van der Waals surface area contributed by atoms with Crippen LogP contribution in [0.2, 0.25) is 0 Å². The van der Waals surface area contributed by atoms with Crippen molar-refractivity contribution < 1.29 is 14.3 Å². The largest absolute Gasteiger partial charge is 0.478 e. The first kappa shape index (κ1) is 16.1. The van der Waals surface area contributed by atoms with E-state index in [-0.39, 0.29) is 12.0 Å². The smallest absolute Gasteiger partial charge is 0.274 e. The monoisotopic (exact) mass is 364 g/mol. The van der Waals surface area contributed by atoms with E-state index >= 15 is 0 Å². The Morgan fingerprint density at radius 1 is 1.19 bits per heavy atom. The van der Waals surface area contributed by atoms with Gasteiger partial charge in [-0.15, -0.1) is 0 Å². The summed E-state index contributed by atoms with van der Waals surface area (Å²) in [6, 6.07) is 13.6. The number of rotatable bonds is 3. The van der Waals surface area contributed by atoms with Crippen LogP contribution in [-0.4, -0.2) is 51.4 Å². The predicted molar refractivity (Wildman–Crippen MR) is 99.0 cm³/mol. The number of amides is 1. The predicted octanol–water partition coefficient (Wildman–Crippen LogP) is 2.51. The normalized spacial score (nSPS) is 19.0. The van der Waals surface area contributed by atoms with E-state index < -0.39 is 0 Å². The van der Waals surface area contributed by atoms with Crippen LogP contribution in [0.25, 0.3) is 10.9 Å². The molecule has 0 saturated carbocycles. The van der Waals surface area contributed by atoms with Crippen LogP contribution in [0, 0.1) is 0 Å². The third-order valence-corrected chi connectivity index (χ3v) is 5.02. The van der Waals surface area contributed by atoms with Crippen LogP contribution in [0.15, 0.2) is 42.5 Å². The first-order valence-corrected chi connectivity index (χ1v) is 9.29. The maximum Gasteiger partial charge on any atom is 0.274 e. The summed E-state index contributed by atoms with van der Waals surface area (Å²) in [5.74, 6) is 1.20. The quantitative estimate of drug-likeness (QED) is 0.714. The van der Waals surface area contributed by atoms with E-state index in [1.807, 2.05) is 36.4 Å². The molecule has 1 saturated heterocycles. The first-order chi connectivity index (χ1) is 13.3. The lowest BCUT2D eigenvalue weighted by Gasteiger charge is -2.16. The number of nitrogens with zero attached hydrogens (tertiary/aromatic N) is 4. The molecule has 1 aromatic carbocycles. The number of carbonyl (C=O) groups excluding carboxylic acids is 1. The molecule has 0 N–H and O–H groups in total. The number of hydrogen-bond acceptors (Lipinski definition) is 5. The third-order valence-electron chi connectivity index (χ3n) is 5.02. The van der Waals surface area contributed by atoms with Crippen LogP contribution in [0.4, 0.5) is 0 Å². The first-order valence-electron chi connectivity index (χ1n) is 9.29. The maximum absolute atomic E-state index is 12.8. The Morgan fingerprint density at radius 2 is 2.11 bits per heavy atom. The van der Waals surface area contributed by atoms with Gasteiger partial charge in [0.2, 0.25) is 11.8 Å². The van der Waals surface area contributed by atoms with Crippen molar-refractivity contribution in [1.29, 1.82) is 0 Å². The molecule has 1 unspecified atom stereocenters. The van der Waals surface area contributed by atoms with E-state index in [2.05, 4.69) is 10.1 Å². The molecule has 7 heteroatoms. The van der Waals surface area contributed by atoms with E-state index in [0.717, 1.165) is 30.3 Å². The molecule has 1 amide bonds. The van der Waals surface area contributed by atoms with Crippen molar-refractivity contribution in [3.05, 3.63) is 48.2 Å². The fourth-order valence-electron chi connectivity index (χ4n) is 3.63. The molecule has 2 aliphatic rings. The maximum atomic E-state index is 12.8. The summed E-state index contributed by atoms with van der Waals surface area (Å²) in [5.41, 5.74) is 1.35. The summed E-state index contributed by atoms with van der Waals surface area (Å²) >= 11 is 0. The molecule has 3 aromatic rings. The van der Waals surface area contributed by atoms with E-state index in [9.17, 15) is 4.79 Å². The van der Waals surface area contributed by atoms with Crippen LogP contribution >= 0.6 is 0 Å². The lowest BCUT2D eigenvalue weighted by Crippen LogP contribution is -2.31. The fourth-order valence-corrected chi connectivity index (χ4v) is 3.63. The van der Waals surface area contributed by atoms with Crippen molar-refractivity contribution in [2.24, 2.45) is 0 Å². The topological polar surface area (TPSA) is 69.5 Å². The minimum absolute atomic E-state index is 0.0592. The average molecular weight is 364 g/mol. The Bertz CT molecular complexity index is 976. The molecule has 27 heavy (non-hydrogen) atoms. The molecule has 2 aromatic heterocycles. The SMILES string of the molecule is O=C(c1cc2n(n1)CCCO2)N1CCC(Oc2ccc3ccccc3n2)C1. The zero-order valence-electron chi connectivity index (χ0n) is 14.9. The zero-order valence-corrected chi connectivity index (χ0v) is 14.9. The number of aromatic nitrogens is 3. The van der Waals surface area contributed by atoms with Crippen LogP contribution in [0.5, 0.6) is 11.8 Å². The molecule has 0 spiro atoms. The van der Waals surface area contributed by atoms with Crippen molar-refractivity contribution in [3.8, 4) is 11.8 Å². The molecular formula is C20H20N4O3. The standard InChI is InChI=1S/C20H20N4O3/c25-20(17-12-19-24(22-17)9-3-11-26-19)23-10-8-15(13-23)27-18-7-6-14-4-1-2-5-16(14)21-18/h1-2,4-7,12,15H,3,8-11,13H2. The van der Waals surface area contributed by atoms with Gasteiger partial charge in [0.1, 0.15) is 6.10 Å². The van der Waals surface area contributed by atoms with Gasteiger partial charge in [0, 0.05) is 43.5 Å². The highest BCUT2D eigenvalue weighted by atomic mass is 16.5. The van der Waals surface area contributed by atoms with Gasteiger partial charge in [-0.3, -0.25) is 4.79 Å². The van der Waals surface area contributed by atoms with Crippen LogP contribution in [-0.2, 0) is 6.54 Å². The number of aryl methyl sites for hydroxylation is 1. The van der Waals surface area contributed by atoms with Crippen LogP contribution < -0.4 is 9.47 Å². The third kappa shape index (κ3) is 3.09. The number of hydrogen-bond donors (Lipinski definition) is 0. The Hall–Kier alpha value is -3.09. The lowest BCUT2D eigenvalue weighted by molar-refractivity contribution is 0.0764. The van der Waals surface area contributed by atoms with E-state index in [0.29, 0.717) is 37.2 Å². The van der Waals surface area contributed by atoms with Crippen LogP contribution in [0.1, 0.15) is 23.3 Å². The minimum Gasteiger partial charge on any atom is -0.478 e. The Balaban J connectivity index is 1.26. The van der Waals surface area contributed by atoms with Gasteiger partial charge in [-0.05, 0) is 12.1 Å². The molecule has 1 atom stereocenters. The molecule has 2 aliphatic heterocycles. The van der Waals surface area contributed by atoms with Crippen LogP contribution in [0.3, 0.4) is 0 Å². The van der Waals surface area contributed by atoms with E-state index in [1.54, 1.807) is 15.6 Å². The van der Waals surface area contributed by atoms with Crippen molar-refractivity contribution >= 4 is 16.8 Å². The lowest BCUT2D eigenvalue weighted by atomic mass is 10.2. The van der Waals surface area contributed by atoms with Gasteiger partial charge in [0.15, 0.2) is 5.69 Å². The molecule has 0 aliphatic carbocycles. The number of carbonyl (C=O) groups is 1. The van der Waals surface area contributed by atoms with Gasteiger partial charge < -0.3 is 14.4 Å². The van der Waals surface area contributed by atoms with Crippen molar-refractivity contribution in [3.63, 3.8) is 0 Å². The van der Waals surface area contributed by atoms with Gasteiger partial charge in [0.25, 0.3) is 5.91 Å². The van der Waals surface area contributed by atoms with Crippen molar-refractivity contribution in [2.45, 2.75) is 25.5 Å². The number of likely N-dealkylation sites (tertiary alicyclic amines) is 1. The second-order valence-corrected chi connectivity index (χ2v) is 6.91. The van der Waals surface area contributed by atoms with E-state index in [1.165, 1.54) is 0 Å². The summed E-state index contributed by atoms with van der Waals surface area (Å²) in [6.07, 6.45) is 1.64.